The van der Waals surface area contributed by atoms with Gasteiger partial charge >= 0.3 is 0 Å². The Morgan fingerprint density at radius 2 is 1.87 bits per heavy atom. The van der Waals surface area contributed by atoms with E-state index in [1.807, 2.05) is 17.9 Å². The van der Waals surface area contributed by atoms with Crippen LogP contribution in [-0.2, 0) is 0 Å². The summed E-state index contributed by atoms with van der Waals surface area (Å²) in [5.74, 6) is -0.615. The number of aryl methyl sites for hydroxylation is 1. The molecule has 3 rings (SSSR count). The zero-order valence-corrected chi connectivity index (χ0v) is 17.5. The number of guanidine groups is 1. The van der Waals surface area contributed by atoms with E-state index in [2.05, 4.69) is 24.0 Å². The van der Waals surface area contributed by atoms with Gasteiger partial charge in [0.2, 0.25) is 0 Å². The Labute approximate surface area is 180 Å². The molecule has 1 aliphatic rings. The molecule has 0 unspecified atom stereocenters. The molecule has 2 aromatic carbocycles. The number of nitrogens with two attached hydrogens (primary N) is 1. The minimum Gasteiger partial charge on any atom is -0.370 e. The molecule has 0 bridgehead atoms. The van der Waals surface area contributed by atoms with Crippen molar-refractivity contribution in [1.29, 1.82) is 10.7 Å². The van der Waals surface area contributed by atoms with E-state index in [9.17, 15) is 9.59 Å². The van der Waals surface area contributed by atoms with E-state index in [0.717, 1.165) is 24.0 Å². The van der Waals surface area contributed by atoms with Crippen molar-refractivity contribution in [3.63, 3.8) is 0 Å². The highest BCUT2D eigenvalue weighted by atomic mass is 32.1. The molecule has 1 saturated heterocycles. The van der Waals surface area contributed by atoms with Crippen LogP contribution in [-0.4, -0.2) is 35.8 Å². The summed E-state index contributed by atoms with van der Waals surface area (Å²) in [6, 6.07) is 12.4. The van der Waals surface area contributed by atoms with Crippen LogP contribution in [0.3, 0.4) is 0 Å². The van der Waals surface area contributed by atoms with E-state index in [1.54, 1.807) is 30.3 Å². The Kier molecular flexibility index (Phi) is 6.43. The molecule has 0 atom stereocenters. The molecular formula is C22H23N5O2S. The van der Waals surface area contributed by atoms with Crippen LogP contribution in [0.5, 0.6) is 0 Å². The first kappa shape index (κ1) is 21.4. The molecule has 4 N–H and O–H groups in total. The molecule has 0 spiro atoms. The Hall–Kier alpha value is -3.31. The molecule has 0 radical (unpaired) electrons. The first-order valence-corrected chi connectivity index (χ1v) is 10.0. The van der Waals surface area contributed by atoms with Crippen LogP contribution in [0, 0.1) is 23.7 Å². The Bertz CT molecular complexity index is 1030. The van der Waals surface area contributed by atoms with Gasteiger partial charge in [-0.2, -0.15) is 5.26 Å². The molecule has 2 aromatic rings. The normalized spacial score (nSPS) is 14.1. The van der Waals surface area contributed by atoms with Crippen molar-refractivity contribution < 1.29 is 9.59 Å². The summed E-state index contributed by atoms with van der Waals surface area (Å²) in [5.41, 5.74) is 8.64. The number of nitrogens with zero attached hydrogens (tertiary/aromatic N) is 2. The second-order valence-electron chi connectivity index (χ2n) is 7.35. The molecule has 1 aliphatic heterocycles. The van der Waals surface area contributed by atoms with Crippen molar-refractivity contribution in [2.24, 2.45) is 5.73 Å². The molecule has 0 saturated carbocycles. The number of amides is 2. The van der Waals surface area contributed by atoms with Crippen molar-refractivity contribution >= 4 is 30.4 Å². The largest absolute Gasteiger partial charge is 0.370 e. The number of carbonyl (C=O) groups excluding carboxylic acids is 2. The molecule has 154 valence electrons. The SMILES string of the molecule is Cc1cc(C2CCN(C(=O)c3ccc(C#N)cc3)CC2)c(S)cc1C(=O)NC(=N)N. The van der Waals surface area contributed by atoms with E-state index < -0.39 is 11.9 Å². The van der Waals surface area contributed by atoms with Crippen molar-refractivity contribution in [3.05, 3.63) is 64.2 Å². The number of piperidine rings is 1. The third-order valence-corrected chi connectivity index (χ3v) is 5.74. The van der Waals surface area contributed by atoms with Gasteiger partial charge in [-0.05, 0) is 67.1 Å². The number of rotatable bonds is 3. The first-order valence-electron chi connectivity index (χ1n) is 9.58. The van der Waals surface area contributed by atoms with Crippen LogP contribution < -0.4 is 11.1 Å². The highest BCUT2D eigenvalue weighted by Crippen LogP contribution is 2.34. The molecule has 0 aliphatic carbocycles. The second-order valence-corrected chi connectivity index (χ2v) is 7.83. The first-order chi connectivity index (χ1) is 14.3. The molecule has 2 amide bonds. The molecule has 30 heavy (non-hydrogen) atoms. The Morgan fingerprint density at radius 3 is 2.43 bits per heavy atom. The summed E-state index contributed by atoms with van der Waals surface area (Å²) in [6.07, 6.45) is 1.60. The fourth-order valence-corrected chi connectivity index (χ4v) is 4.12. The quantitative estimate of drug-likeness (QED) is 0.346. The fourth-order valence-electron chi connectivity index (χ4n) is 3.74. The number of hydrogen-bond acceptors (Lipinski definition) is 5. The Morgan fingerprint density at radius 1 is 1.23 bits per heavy atom. The third kappa shape index (κ3) is 4.63. The van der Waals surface area contributed by atoms with Gasteiger partial charge in [0, 0.05) is 29.1 Å². The number of benzene rings is 2. The van der Waals surface area contributed by atoms with Gasteiger partial charge in [-0.15, -0.1) is 12.6 Å². The molecule has 0 aromatic heterocycles. The maximum atomic E-state index is 12.7. The number of nitriles is 1. The minimum absolute atomic E-state index is 0.0310. The third-order valence-electron chi connectivity index (χ3n) is 5.35. The van der Waals surface area contributed by atoms with Crippen molar-refractivity contribution in [2.75, 3.05) is 13.1 Å². The summed E-state index contributed by atoms with van der Waals surface area (Å²) in [4.78, 5) is 27.5. The van der Waals surface area contributed by atoms with Crippen molar-refractivity contribution in [1.82, 2.24) is 10.2 Å². The Balaban J connectivity index is 1.69. The monoisotopic (exact) mass is 421 g/mol. The van der Waals surface area contributed by atoms with E-state index in [4.69, 9.17) is 16.4 Å². The fraction of sp³-hybridized carbons (Fsp3) is 0.273. The smallest absolute Gasteiger partial charge is 0.258 e. The highest BCUT2D eigenvalue weighted by Gasteiger charge is 2.26. The summed E-state index contributed by atoms with van der Waals surface area (Å²) in [7, 11) is 0. The van der Waals surface area contributed by atoms with Crippen LogP contribution >= 0.6 is 12.6 Å². The maximum Gasteiger partial charge on any atom is 0.258 e. The lowest BCUT2D eigenvalue weighted by Gasteiger charge is -2.33. The summed E-state index contributed by atoms with van der Waals surface area (Å²) in [6.45, 7) is 3.10. The summed E-state index contributed by atoms with van der Waals surface area (Å²) in [5, 5.41) is 18.4. The zero-order chi connectivity index (χ0) is 21.8. The molecule has 1 heterocycles. The predicted molar refractivity (Wildman–Crippen MR) is 117 cm³/mol. The second kappa shape index (κ2) is 9.01. The van der Waals surface area contributed by atoms with E-state index in [-0.39, 0.29) is 11.8 Å². The van der Waals surface area contributed by atoms with Gasteiger partial charge in [-0.1, -0.05) is 6.07 Å². The number of nitrogens with one attached hydrogen (secondary N) is 2. The average Bonchev–Trinajstić information content (AvgIpc) is 2.74. The lowest BCUT2D eigenvalue weighted by Crippen LogP contribution is -2.38. The molecule has 1 fully saturated rings. The lowest BCUT2D eigenvalue weighted by molar-refractivity contribution is 0.0712. The standard InChI is InChI=1S/C22H23N5O2S/c1-13-10-18(19(30)11-17(13)20(28)26-22(24)25)15-6-8-27(9-7-15)21(29)16-4-2-14(12-23)3-5-16/h2-5,10-11,15,30H,6-9H2,1H3,(H4,24,25,26,28). The number of likely N-dealkylation sites (tertiary alicyclic amines) is 1. The van der Waals surface area contributed by atoms with Gasteiger partial charge in [0.05, 0.1) is 11.6 Å². The van der Waals surface area contributed by atoms with Crippen LogP contribution in [0.2, 0.25) is 0 Å². The van der Waals surface area contributed by atoms with Crippen LogP contribution in [0.25, 0.3) is 0 Å². The van der Waals surface area contributed by atoms with E-state index in [0.29, 0.717) is 34.7 Å². The minimum atomic E-state index is -0.426. The lowest BCUT2D eigenvalue weighted by atomic mass is 9.87. The number of carbonyl (C=O) groups is 2. The topological polar surface area (TPSA) is 123 Å². The van der Waals surface area contributed by atoms with Gasteiger partial charge in [-0.25, -0.2) is 0 Å². The van der Waals surface area contributed by atoms with Gasteiger partial charge in [0.15, 0.2) is 5.96 Å². The maximum absolute atomic E-state index is 12.7. The van der Waals surface area contributed by atoms with Gasteiger partial charge in [-0.3, -0.25) is 20.3 Å². The summed E-state index contributed by atoms with van der Waals surface area (Å²) >= 11 is 4.58. The highest BCUT2D eigenvalue weighted by molar-refractivity contribution is 7.80. The molecular weight excluding hydrogens is 398 g/mol. The van der Waals surface area contributed by atoms with E-state index >= 15 is 0 Å². The van der Waals surface area contributed by atoms with Gasteiger partial charge in [0.1, 0.15) is 0 Å². The van der Waals surface area contributed by atoms with Crippen LogP contribution in [0.4, 0.5) is 0 Å². The van der Waals surface area contributed by atoms with Gasteiger partial charge in [0.25, 0.3) is 11.8 Å². The van der Waals surface area contributed by atoms with Crippen LogP contribution in [0.1, 0.15) is 56.2 Å². The average molecular weight is 422 g/mol. The van der Waals surface area contributed by atoms with Crippen LogP contribution in [0.15, 0.2) is 41.3 Å². The number of thiol groups is 1. The summed E-state index contributed by atoms with van der Waals surface area (Å²) < 4.78 is 0. The van der Waals surface area contributed by atoms with Gasteiger partial charge < -0.3 is 10.6 Å². The predicted octanol–water partition coefficient (Wildman–Crippen LogP) is 2.80. The molecule has 8 heteroatoms. The van der Waals surface area contributed by atoms with E-state index in [1.165, 1.54) is 0 Å². The number of hydrogen-bond donors (Lipinski definition) is 4. The van der Waals surface area contributed by atoms with Crippen molar-refractivity contribution in [3.8, 4) is 6.07 Å². The zero-order valence-electron chi connectivity index (χ0n) is 16.6. The molecule has 7 nitrogen and oxygen atoms in total. The van der Waals surface area contributed by atoms with Crippen molar-refractivity contribution in [2.45, 2.75) is 30.6 Å².